The lowest BCUT2D eigenvalue weighted by molar-refractivity contribution is 0.423. The van der Waals surface area contributed by atoms with Gasteiger partial charge >= 0.3 is 0 Å². The molecule has 1 aromatic heterocycles. The van der Waals surface area contributed by atoms with Crippen molar-refractivity contribution in [2.45, 2.75) is 24.6 Å². The molecule has 1 aromatic rings. The molecule has 0 radical (unpaired) electrons. The summed E-state index contributed by atoms with van der Waals surface area (Å²) in [6.07, 6.45) is 4.16. The predicted octanol–water partition coefficient (Wildman–Crippen LogP) is 0.607. The number of nitrogens with two attached hydrogens (primary N) is 1. The Balaban J connectivity index is 3.14. The second kappa shape index (κ2) is 3.96. The molecular weight excluding hydrogens is 216 g/mol. The Morgan fingerprint density at radius 2 is 2.13 bits per heavy atom. The molecule has 0 amide bonds. The molecule has 0 aromatic carbocycles. The molecule has 0 saturated carbocycles. The van der Waals surface area contributed by atoms with Crippen molar-refractivity contribution in [1.82, 2.24) is 5.43 Å². The third kappa shape index (κ3) is 2.22. The van der Waals surface area contributed by atoms with Crippen LogP contribution < -0.4 is 11.3 Å². The van der Waals surface area contributed by atoms with E-state index in [0.29, 0.717) is 5.56 Å². The summed E-state index contributed by atoms with van der Waals surface area (Å²) in [7, 11) is -3.22. The predicted molar refractivity (Wildman–Crippen MR) is 57.7 cm³/mol. The van der Waals surface area contributed by atoms with E-state index in [2.05, 4.69) is 5.43 Å². The fourth-order valence-corrected chi connectivity index (χ4v) is 1.98. The van der Waals surface area contributed by atoms with E-state index in [0.717, 1.165) is 0 Å². The lowest BCUT2D eigenvalue weighted by Crippen LogP contribution is -2.47. The Hall–Kier alpha value is -0.850. The fraction of sp³-hybridized carbons (Fsp3) is 0.556. The zero-order chi connectivity index (χ0) is 11.7. The molecular formula is C9H16N2O3S. The smallest absolute Gasteiger partial charge is 0.154 e. The Kier molecular flexibility index (Phi) is 3.22. The zero-order valence-electron chi connectivity index (χ0n) is 9.02. The van der Waals surface area contributed by atoms with Gasteiger partial charge in [-0.05, 0) is 19.9 Å². The van der Waals surface area contributed by atoms with Crippen LogP contribution >= 0.6 is 0 Å². The van der Waals surface area contributed by atoms with Crippen LogP contribution in [0.1, 0.15) is 25.5 Å². The molecule has 5 nitrogen and oxygen atoms in total. The first-order valence-corrected chi connectivity index (χ1v) is 6.37. The van der Waals surface area contributed by atoms with Crippen molar-refractivity contribution < 1.29 is 12.8 Å². The second-order valence-corrected chi connectivity index (χ2v) is 6.63. The monoisotopic (exact) mass is 232 g/mol. The number of hydrazine groups is 1. The van der Waals surface area contributed by atoms with E-state index in [-0.39, 0.29) is 0 Å². The highest BCUT2D eigenvalue weighted by Gasteiger charge is 2.39. The van der Waals surface area contributed by atoms with Gasteiger partial charge < -0.3 is 4.42 Å². The van der Waals surface area contributed by atoms with Crippen LogP contribution in [0.5, 0.6) is 0 Å². The summed E-state index contributed by atoms with van der Waals surface area (Å²) < 4.78 is 27.2. The van der Waals surface area contributed by atoms with Gasteiger partial charge in [0, 0.05) is 11.8 Å². The largest absolute Gasteiger partial charge is 0.472 e. The molecule has 1 heterocycles. The van der Waals surface area contributed by atoms with Crippen LogP contribution in [0.3, 0.4) is 0 Å². The van der Waals surface area contributed by atoms with Crippen molar-refractivity contribution in [2.24, 2.45) is 5.84 Å². The Morgan fingerprint density at radius 3 is 2.47 bits per heavy atom. The van der Waals surface area contributed by atoms with E-state index in [4.69, 9.17) is 10.3 Å². The van der Waals surface area contributed by atoms with Gasteiger partial charge in [-0.2, -0.15) is 0 Å². The minimum atomic E-state index is -3.22. The van der Waals surface area contributed by atoms with Gasteiger partial charge in [-0.25, -0.2) is 8.42 Å². The van der Waals surface area contributed by atoms with Gasteiger partial charge in [0.15, 0.2) is 9.84 Å². The third-order valence-electron chi connectivity index (χ3n) is 2.69. The molecule has 0 aliphatic heterocycles. The number of sulfone groups is 1. The highest BCUT2D eigenvalue weighted by molar-refractivity contribution is 7.92. The molecule has 0 fully saturated rings. The van der Waals surface area contributed by atoms with Gasteiger partial charge in [0.1, 0.15) is 0 Å². The third-order valence-corrected chi connectivity index (χ3v) is 4.84. The molecule has 3 N–H and O–H groups in total. The summed E-state index contributed by atoms with van der Waals surface area (Å²) >= 11 is 0. The summed E-state index contributed by atoms with van der Waals surface area (Å²) in [5.41, 5.74) is 3.23. The maximum Gasteiger partial charge on any atom is 0.154 e. The van der Waals surface area contributed by atoms with Crippen molar-refractivity contribution in [3.8, 4) is 0 Å². The van der Waals surface area contributed by atoms with Crippen LogP contribution in [0, 0.1) is 0 Å². The average molecular weight is 232 g/mol. The minimum absolute atomic E-state index is 0.494. The molecule has 0 spiro atoms. The topological polar surface area (TPSA) is 85.3 Å². The zero-order valence-corrected chi connectivity index (χ0v) is 9.84. The van der Waals surface area contributed by atoms with Gasteiger partial charge in [0.05, 0.1) is 23.3 Å². The van der Waals surface area contributed by atoms with E-state index < -0.39 is 20.6 Å². The second-order valence-electron chi connectivity index (χ2n) is 4.03. The fourth-order valence-electron chi connectivity index (χ4n) is 1.35. The molecule has 1 rings (SSSR count). The van der Waals surface area contributed by atoms with Gasteiger partial charge in [-0.15, -0.1) is 0 Å². The Morgan fingerprint density at radius 1 is 1.53 bits per heavy atom. The summed E-state index contributed by atoms with van der Waals surface area (Å²) in [6, 6.07) is 1.20. The first-order valence-electron chi connectivity index (χ1n) is 4.48. The van der Waals surface area contributed by atoms with Crippen LogP contribution in [0.4, 0.5) is 0 Å². The maximum absolute atomic E-state index is 11.6. The number of hydrogen-bond acceptors (Lipinski definition) is 5. The van der Waals surface area contributed by atoms with E-state index in [1.54, 1.807) is 19.9 Å². The first-order chi connectivity index (χ1) is 6.80. The number of furan rings is 1. The van der Waals surface area contributed by atoms with Gasteiger partial charge in [0.2, 0.25) is 0 Å². The number of nitrogens with one attached hydrogen (secondary N) is 1. The van der Waals surface area contributed by atoms with Crippen molar-refractivity contribution in [3.63, 3.8) is 0 Å². The quantitative estimate of drug-likeness (QED) is 0.586. The summed E-state index contributed by atoms with van der Waals surface area (Å²) in [6.45, 7) is 3.25. The van der Waals surface area contributed by atoms with E-state index in [1.807, 2.05) is 0 Å². The van der Waals surface area contributed by atoms with Crippen LogP contribution in [0.2, 0.25) is 0 Å². The lowest BCUT2D eigenvalue weighted by atomic mass is 9.98. The average Bonchev–Trinajstić information content (AvgIpc) is 2.55. The van der Waals surface area contributed by atoms with Gasteiger partial charge in [-0.3, -0.25) is 11.3 Å². The highest BCUT2D eigenvalue weighted by atomic mass is 32.2. The highest BCUT2D eigenvalue weighted by Crippen LogP contribution is 2.31. The van der Waals surface area contributed by atoms with Crippen LogP contribution in [-0.4, -0.2) is 19.4 Å². The molecule has 0 aliphatic carbocycles. The molecule has 0 saturated heterocycles. The molecule has 1 unspecified atom stereocenters. The Bertz CT molecular complexity index is 409. The molecule has 15 heavy (non-hydrogen) atoms. The van der Waals surface area contributed by atoms with Gasteiger partial charge in [-0.1, -0.05) is 0 Å². The van der Waals surface area contributed by atoms with Crippen molar-refractivity contribution >= 4 is 9.84 Å². The summed E-state index contributed by atoms with van der Waals surface area (Å²) in [5.74, 6) is 5.39. The maximum atomic E-state index is 11.6. The van der Waals surface area contributed by atoms with E-state index in [9.17, 15) is 8.42 Å². The van der Waals surface area contributed by atoms with E-state index in [1.165, 1.54) is 18.8 Å². The SMILES string of the molecule is CC(C)(C(NN)c1ccoc1)S(C)(=O)=O. The Labute approximate surface area is 89.5 Å². The molecule has 0 bridgehead atoms. The van der Waals surface area contributed by atoms with Crippen molar-refractivity contribution in [1.29, 1.82) is 0 Å². The number of rotatable bonds is 4. The summed E-state index contributed by atoms with van der Waals surface area (Å²) in [4.78, 5) is 0. The van der Waals surface area contributed by atoms with Crippen LogP contribution in [0.25, 0.3) is 0 Å². The van der Waals surface area contributed by atoms with Crippen LogP contribution in [-0.2, 0) is 9.84 Å². The van der Waals surface area contributed by atoms with Gasteiger partial charge in [0.25, 0.3) is 0 Å². The minimum Gasteiger partial charge on any atom is -0.472 e. The normalized spacial score (nSPS) is 15.2. The standard InChI is InChI=1S/C9H16N2O3S/c1-9(2,15(3,12)13)8(11-10)7-4-5-14-6-7/h4-6,8,11H,10H2,1-3H3. The number of hydrogen-bond donors (Lipinski definition) is 2. The summed E-state index contributed by atoms with van der Waals surface area (Å²) in [5, 5.41) is 0. The molecule has 86 valence electrons. The molecule has 0 aliphatic rings. The lowest BCUT2D eigenvalue weighted by Gasteiger charge is -2.31. The van der Waals surface area contributed by atoms with E-state index >= 15 is 0 Å². The van der Waals surface area contributed by atoms with Crippen molar-refractivity contribution in [2.75, 3.05) is 6.26 Å². The molecule has 1 atom stereocenters. The molecule has 6 heteroatoms. The van der Waals surface area contributed by atoms with Crippen LogP contribution in [0.15, 0.2) is 23.0 Å². The first kappa shape index (κ1) is 12.2. The van der Waals surface area contributed by atoms with Crippen molar-refractivity contribution in [3.05, 3.63) is 24.2 Å².